The Hall–Kier alpha value is -1.34. The number of furan rings is 1. The number of nitrogens with zero attached hydrogens (tertiary/aromatic N) is 1. The minimum atomic E-state index is -4.55. The van der Waals surface area contributed by atoms with Crippen molar-refractivity contribution < 1.29 is 22.4 Å². The normalized spacial score (nSPS) is 11.8. The number of alkyl halides is 3. The van der Waals surface area contributed by atoms with Gasteiger partial charge in [0.25, 0.3) is 0 Å². The maximum absolute atomic E-state index is 12.3. The van der Waals surface area contributed by atoms with E-state index in [1.54, 1.807) is 0 Å². The molecule has 0 radical (unpaired) electrons. The van der Waals surface area contributed by atoms with Crippen LogP contribution in [0.4, 0.5) is 13.2 Å². The summed E-state index contributed by atoms with van der Waals surface area (Å²) in [5.74, 6) is -0.794. The van der Waals surface area contributed by atoms with E-state index in [0.29, 0.717) is 0 Å². The van der Waals surface area contributed by atoms with E-state index in [9.17, 15) is 18.0 Å². The Morgan fingerprint density at radius 1 is 1.41 bits per heavy atom. The largest absolute Gasteiger partial charge is 0.443 e. The lowest BCUT2D eigenvalue weighted by Gasteiger charge is -1.98. The molecule has 17 heavy (non-hydrogen) atoms. The van der Waals surface area contributed by atoms with Crippen LogP contribution < -0.4 is 0 Å². The Bertz CT molecular complexity index is 561. The maximum Gasteiger partial charge on any atom is 0.443 e. The predicted molar refractivity (Wildman–Crippen MR) is 54.3 cm³/mol. The van der Waals surface area contributed by atoms with Gasteiger partial charge in [-0.25, -0.2) is 4.98 Å². The van der Waals surface area contributed by atoms with E-state index in [4.69, 9.17) is 16.0 Å². The lowest BCUT2D eigenvalue weighted by atomic mass is 10.3. The van der Waals surface area contributed by atoms with E-state index in [2.05, 4.69) is 4.98 Å². The number of rotatable bonds is 2. The number of halogens is 4. The second-order valence-corrected chi connectivity index (χ2v) is 4.36. The van der Waals surface area contributed by atoms with Crippen LogP contribution in [0.5, 0.6) is 0 Å². The van der Waals surface area contributed by atoms with E-state index in [1.165, 1.54) is 12.1 Å². The molecule has 2 aromatic heterocycles. The van der Waals surface area contributed by atoms with E-state index < -0.39 is 17.0 Å². The molecule has 0 unspecified atom stereocenters. The van der Waals surface area contributed by atoms with Crippen molar-refractivity contribution in [3.8, 4) is 0 Å². The Labute approximate surface area is 102 Å². The van der Waals surface area contributed by atoms with Crippen molar-refractivity contribution >= 4 is 28.7 Å². The number of hydrogen-bond donors (Lipinski definition) is 0. The van der Waals surface area contributed by atoms with Crippen LogP contribution in [0, 0.1) is 0 Å². The molecule has 8 heteroatoms. The fourth-order valence-electron chi connectivity index (χ4n) is 1.07. The molecule has 0 aliphatic heterocycles. The van der Waals surface area contributed by atoms with Crippen LogP contribution in [-0.4, -0.2) is 10.8 Å². The molecule has 0 N–H and O–H groups in total. The summed E-state index contributed by atoms with van der Waals surface area (Å²) in [7, 11) is 0. The zero-order valence-electron chi connectivity index (χ0n) is 7.92. The van der Waals surface area contributed by atoms with Crippen LogP contribution in [0.15, 0.2) is 22.7 Å². The van der Waals surface area contributed by atoms with Gasteiger partial charge < -0.3 is 4.42 Å². The van der Waals surface area contributed by atoms with Crippen LogP contribution >= 0.6 is 22.9 Å². The number of ketones is 1. The first-order valence-electron chi connectivity index (χ1n) is 4.21. The highest BCUT2D eigenvalue weighted by atomic mass is 35.5. The third kappa shape index (κ3) is 2.50. The third-order valence-corrected chi connectivity index (χ3v) is 3.01. The Kier molecular flexibility index (Phi) is 2.96. The minimum absolute atomic E-state index is 0.00564. The van der Waals surface area contributed by atoms with Crippen molar-refractivity contribution in [3.05, 3.63) is 39.2 Å². The third-order valence-electron chi connectivity index (χ3n) is 1.77. The number of hydrogen-bond acceptors (Lipinski definition) is 4. The number of carbonyl (C=O) groups is 1. The average Bonchev–Trinajstić information content (AvgIpc) is 2.83. The molecule has 0 spiro atoms. The summed E-state index contributed by atoms with van der Waals surface area (Å²) >= 11 is 5.72. The van der Waals surface area contributed by atoms with Crippen molar-refractivity contribution in [2.45, 2.75) is 6.18 Å². The van der Waals surface area contributed by atoms with Crippen LogP contribution in [0.1, 0.15) is 20.4 Å². The van der Waals surface area contributed by atoms with Gasteiger partial charge in [0.05, 0.1) is 4.88 Å². The Balaban J connectivity index is 2.30. The summed E-state index contributed by atoms with van der Waals surface area (Å²) in [5, 5.41) is -1.08. The molecule has 2 aromatic rings. The van der Waals surface area contributed by atoms with Gasteiger partial charge in [0, 0.05) is 6.20 Å². The minimum Gasteiger partial charge on any atom is -0.441 e. The van der Waals surface area contributed by atoms with Crippen molar-refractivity contribution in [2.24, 2.45) is 0 Å². The fraction of sp³-hybridized carbons (Fsp3) is 0.111. The van der Waals surface area contributed by atoms with Crippen molar-refractivity contribution in [3.63, 3.8) is 0 Å². The fourth-order valence-corrected chi connectivity index (χ4v) is 1.94. The van der Waals surface area contributed by atoms with E-state index in [0.717, 1.165) is 6.20 Å². The topological polar surface area (TPSA) is 43.1 Å². The quantitative estimate of drug-likeness (QED) is 0.789. The Morgan fingerprint density at radius 2 is 2.12 bits per heavy atom. The molecule has 0 bridgehead atoms. The van der Waals surface area contributed by atoms with Gasteiger partial charge in [-0.15, -0.1) is 11.3 Å². The van der Waals surface area contributed by atoms with Gasteiger partial charge in [-0.05, 0) is 23.7 Å². The summed E-state index contributed by atoms with van der Waals surface area (Å²) in [6.45, 7) is 0. The molecule has 0 fully saturated rings. The van der Waals surface area contributed by atoms with Gasteiger partial charge >= 0.3 is 6.18 Å². The Morgan fingerprint density at radius 3 is 2.59 bits per heavy atom. The first-order chi connectivity index (χ1) is 7.88. The van der Waals surface area contributed by atoms with Crippen LogP contribution in [0.3, 0.4) is 0 Å². The second-order valence-electron chi connectivity index (χ2n) is 2.96. The van der Waals surface area contributed by atoms with Crippen LogP contribution in [0.2, 0.25) is 5.22 Å². The molecule has 0 aliphatic rings. The zero-order valence-corrected chi connectivity index (χ0v) is 9.49. The summed E-state index contributed by atoms with van der Waals surface area (Å²) in [6, 6.07) is 2.62. The molecule has 0 aromatic carbocycles. The summed E-state index contributed by atoms with van der Waals surface area (Å²) in [5.41, 5.74) is 0. The zero-order chi connectivity index (χ0) is 12.6. The monoisotopic (exact) mass is 281 g/mol. The van der Waals surface area contributed by atoms with Crippen molar-refractivity contribution in [1.82, 2.24) is 4.98 Å². The second kappa shape index (κ2) is 4.15. The van der Waals surface area contributed by atoms with E-state index in [1.807, 2.05) is 0 Å². The molecule has 0 aliphatic carbocycles. The SMILES string of the molecule is O=C(c1ccc(Cl)o1)c1cnc(C(F)(F)F)s1. The molecule has 0 atom stereocenters. The standard InChI is InChI=1S/C9H3ClF3NO2S/c10-6-2-1-4(16-6)7(15)5-3-14-8(17-5)9(11,12)13/h1-3H. The van der Waals surface area contributed by atoms with E-state index in [-0.39, 0.29) is 27.2 Å². The van der Waals surface area contributed by atoms with Gasteiger partial charge in [0.2, 0.25) is 5.78 Å². The molecule has 2 rings (SSSR count). The van der Waals surface area contributed by atoms with Gasteiger partial charge in [-0.3, -0.25) is 4.79 Å². The van der Waals surface area contributed by atoms with Crippen molar-refractivity contribution in [2.75, 3.05) is 0 Å². The summed E-state index contributed by atoms with van der Waals surface area (Å²) in [4.78, 5) is 14.6. The molecule has 0 amide bonds. The summed E-state index contributed by atoms with van der Waals surface area (Å²) in [6.07, 6.45) is -3.68. The highest BCUT2D eigenvalue weighted by Gasteiger charge is 2.35. The van der Waals surface area contributed by atoms with Gasteiger partial charge in [-0.1, -0.05) is 0 Å². The van der Waals surface area contributed by atoms with Crippen LogP contribution in [-0.2, 0) is 6.18 Å². The average molecular weight is 282 g/mol. The smallest absolute Gasteiger partial charge is 0.441 e. The molecule has 0 saturated heterocycles. The predicted octanol–water partition coefficient (Wildman–Crippen LogP) is 3.64. The molecular formula is C9H3ClF3NO2S. The summed E-state index contributed by atoms with van der Waals surface area (Å²) < 4.78 is 41.6. The van der Waals surface area contributed by atoms with Gasteiger partial charge in [0.15, 0.2) is 16.0 Å². The highest BCUT2D eigenvalue weighted by molar-refractivity contribution is 7.13. The molecule has 90 valence electrons. The van der Waals surface area contributed by atoms with Gasteiger partial charge in [0.1, 0.15) is 0 Å². The first kappa shape index (κ1) is 12.1. The maximum atomic E-state index is 12.3. The lowest BCUT2D eigenvalue weighted by molar-refractivity contribution is -0.137. The lowest BCUT2D eigenvalue weighted by Crippen LogP contribution is -2.03. The molecule has 2 heterocycles. The number of carbonyl (C=O) groups excluding carboxylic acids is 1. The van der Waals surface area contributed by atoms with Crippen LogP contribution in [0.25, 0.3) is 0 Å². The first-order valence-corrected chi connectivity index (χ1v) is 5.40. The van der Waals surface area contributed by atoms with Gasteiger partial charge in [-0.2, -0.15) is 13.2 Å². The molecule has 3 nitrogen and oxygen atoms in total. The van der Waals surface area contributed by atoms with Crippen molar-refractivity contribution in [1.29, 1.82) is 0 Å². The number of aromatic nitrogens is 1. The molecule has 0 saturated carbocycles. The highest BCUT2D eigenvalue weighted by Crippen LogP contribution is 2.33. The number of thiazole rings is 1. The van der Waals surface area contributed by atoms with E-state index >= 15 is 0 Å². The molecular weight excluding hydrogens is 279 g/mol.